The third-order valence-corrected chi connectivity index (χ3v) is 1.07. The van der Waals surface area contributed by atoms with Crippen molar-refractivity contribution in [3.05, 3.63) is 25.0 Å². The summed E-state index contributed by atoms with van der Waals surface area (Å²) in [6.07, 6.45) is 0.689. The van der Waals surface area contributed by atoms with Crippen molar-refractivity contribution in [2.75, 3.05) is 0 Å². The molecule has 0 heterocycles. The molecule has 0 aromatic carbocycles. The molecule has 0 spiro atoms. The molecule has 0 saturated heterocycles. The van der Waals surface area contributed by atoms with Crippen molar-refractivity contribution in [1.82, 2.24) is 0 Å². The van der Waals surface area contributed by atoms with Crippen LogP contribution in [0.2, 0.25) is 0 Å². The van der Waals surface area contributed by atoms with Gasteiger partial charge in [0.05, 0.1) is 11.8 Å². The second kappa shape index (κ2) is 3.71. The van der Waals surface area contributed by atoms with Crippen LogP contribution in [0.1, 0.15) is 6.92 Å². The van der Waals surface area contributed by atoms with Crippen LogP contribution in [0.15, 0.2) is 25.0 Å². The van der Waals surface area contributed by atoms with Gasteiger partial charge >= 0.3 is 5.97 Å². The Labute approximate surface area is 59.6 Å². The van der Waals surface area contributed by atoms with Crippen LogP contribution < -0.4 is 0 Å². The van der Waals surface area contributed by atoms with Gasteiger partial charge in [-0.1, -0.05) is 13.2 Å². The molecule has 0 aromatic rings. The molecule has 10 heavy (non-hydrogen) atoms. The SMILES string of the molecule is C=COC(C)C(=C)C(=O)O. The van der Waals surface area contributed by atoms with Crippen molar-refractivity contribution in [3.63, 3.8) is 0 Å². The van der Waals surface area contributed by atoms with Gasteiger partial charge in [-0.2, -0.15) is 0 Å². The molecular weight excluding hydrogens is 132 g/mol. The molecule has 0 amide bonds. The van der Waals surface area contributed by atoms with Gasteiger partial charge in [-0.05, 0) is 6.92 Å². The van der Waals surface area contributed by atoms with Crippen LogP contribution in [0.5, 0.6) is 0 Å². The summed E-state index contributed by atoms with van der Waals surface area (Å²) < 4.78 is 4.75. The number of carboxylic acids is 1. The monoisotopic (exact) mass is 142 g/mol. The lowest BCUT2D eigenvalue weighted by Gasteiger charge is -2.09. The zero-order valence-corrected chi connectivity index (χ0v) is 5.83. The van der Waals surface area contributed by atoms with E-state index in [0.717, 1.165) is 0 Å². The Morgan fingerprint density at radius 3 is 2.60 bits per heavy atom. The van der Waals surface area contributed by atoms with E-state index in [1.54, 1.807) is 6.92 Å². The highest BCUT2D eigenvalue weighted by Crippen LogP contribution is 2.03. The molecule has 1 atom stereocenters. The first-order valence-electron chi connectivity index (χ1n) is 2.78. The van der Waals surface area contributed by atoms with Crippen LogP contribution in [-0.4, -0.2) is 17.2 Å². The van der Waals surface area contributed by atoms with E-state index in [0.29, 0.717) is 0 Å². The normalized spacial score (nSPS) is 11.7. The fourth-order valence-corrected chi connectivity index (χ4v) is 0.400. The van der Waals surface area contributed by atoms with Crippen molar-refractivity contribution in [2.45, 2.75) is 13.0 Å². The predicted molar refractivity (Wildman–Crippen MR) is 37.5 cm³/mol. The lowest BCUT2D eigenvalue weighted by Crippen LogP contribution is -2.14. The molecule has 1 N–H and O–H groups in total. The van der Waals surface area contributed by atoms with Crippen LogP contribution >= 0.6 is 0 Å². The molecule has 56 valence electrons. The van der Waals surface area contributed by atoms with E-state index in [1.165, 1.54) is 6.26 Å². The predicted octanol–water partition coefficient (Wildman–Crippen LogP) is 1.18. The van der Waals surface area contributed by atoms with E-state index in [-0.39, 0.29) is 5.57 Å². The topological polar surface area (TPSA) is 46.5 Å². The molecule has 0 bridgehead atoms. The van der Waals surface area contributed by atoms with Gasteiger partial charge < -0.3 is 9.84 Å². The van der Waals surface area contributed by atoms with E-state index < -0.39 is 12.1 Å². The van der Waals surface area contributed by atoms with Crippen molar-refractivity contribution in [2.24, 2.45) is 0 Å². The Bertz CT molecular complexity index is 160. The minimum atomic E-state index is -1.05. The third-order valence-electron chi connectivity index (χ3n) is 1.07. The second-order valence-corrected chi connectivity index (χ2v) is 1.78. The first-order valence-corrected chi connectivity index (χ1v) is 2.78. The molecule has 0 aliphatic carbocycles. The number of ether oxygens (including phenoxy) is 1. The number of hydrogen-bond donors (Lipinski definition) is 1. The van der Waals surface area contributed by atoms with E-state index in [1.807, 2.05) is 0 Å². The summed E-state index contributed by atoms with van der Waals surface area (Å²) in [4.78, 5) is 10.2. The van der Waals surface area contributed by atoms with Gasteiger partial charge in [0.2, 0.25) is 0 Å². The van der Waals surface area contributed by atoms with Crippen molar-refractivity contribution in [1.29, 1.82) is 0 Å². The summed E-state index contributed by atoms with van der Waals surface area (Å²) in [6.45, 7) is 8.18. The maximum absolute atomic E-state index is 10.2. The zero-order chi connectivity index (χ0) is 8.15. The average Bonchev–Trinajstić information content (AvgIpc) is 1.87. The summed E-state index contributed by atoms with van der Waals surface area (Å²) in [7, 11) is 0. The molecule has 0 saturated carbocycles. The Kier molecular flexibility index (Phi) is 3.25. The highest BCUT2D eigenvalue weighted by atomic mass is 16.5. The number of aliphatic carboxylic acids is 1. The number of hydrogen-bond acceptors (Lipinski definition) is 2. The van der Waals surface area contributed by atoms with Gasteiger partial charge in [-0.15, -0.1) is 0 Å². The highest BCUT2D eigenvalue weighted by molar-refractivity contribution is 5.86. The van der Waals surface area contributed by atoms with Crippen LogP contribution in [0.25, 0.3) is 0 Å². The van der Waals surface area contributed by atoms with Gasteiger partial charge in [-0.3, -0.25) is 0 Å². The summed E-state index contributed by atoms with van der Waals surface area (Å²) in [5, 5.41) is 8.37. The smallest absolute Gasteiger partial charge is 0.334 e. The summed E-state index contributed by atoms with van der Waals surface area (Å²) in [5.74, 6) is -1.05. The summed E-state index contributed by atoms with van der Waals surface area (Å²) in [5.41, 5.74) is 0.0277. The third kappa shape index (κ3) is 2.35. The summed E-state index contributed by atoms with van der Waals surface area (Å²) in [6, 6.07) is 0. The minimum absolute atomic E-state index is 0.0277. The summed E-state index contributed by atoms with van der Waals surface area (Å²) >= 11 is 0. The van der Waals surface area contributed by atoms with Gasteiger partial charge in [0, 0.05) is 0 Å². The van der Waals surface area contributed by atoms with Gasteiger partial charge in [0.25, 0.3) is 0 Å². The van der Waals surface area contributed by atoms with Crippen LogP contribution in [0.4, 0.5) is 0 Å². The maximum Gasteiger partial charge on any atom is 0.334 e. The number of carboxylic acid groups (broad SMARTS) is 1. The van der Waals surface area contributed by atoms with Gasteiger partial charge in [0.15, 0.2) is 0 Å². The van der Waals surface area contributed by atoms with Crippen molar-refractivity contribution >= 4 is 5.97 Å². The maximum atomic E-state index is 10.2. The molecule has 0 fully saturated rings. The van der Waals surface area contributed by atoms with E-state index in [2.05, 4.69) is 13.2 Å². The average molecular weight is 142 g/mol. The standard InChI is InChI=1S/C7H10O3/c1-4-10-6(3)5(2)7(8)9/h4,6H,1-2H2,3H3,(H,8,9). The molecule has 0 aliphatic rings. The molecule has 0 aromatic heterocycles. The van der Waals surface area contributed by atoms with Crippen molar-refractivity contribution in [3.8, 4) is 0 Å². The second-order valence-electron chi connectivity index (χ2n) is 1.78. The van der Waals surface area contributed by atoms with Gasteiger partial charge in [-0.25, -0.2) is 4.79 Å². The van der Waals surface area contributed by atoms with Crippen LogP contribution in [-0.2, 0) is 9.53 Å². The fraction of sp³-hybridized carbons (Fsp3) is 0.286. The molecule has 1 unspecified atom stereocenters. The number of rotatable bonds is 4. The lowest BCUT2D eigenvalue weighted by molar-refractivity contribution is -0.133. The molecular formula is C7H10O3. The van der Waals surface area contributed by atoms with Crippen LogP contribution in [0.3, 0.4) is 0 Å². The Hall–Kier alpha value is -1.25. The van der Waals surface area contributed by atoms with Crippen LogP contribution in [0, 0.1) is 0 Å². The first-order chi connectivity index (χ1) is 4.59. The molecule has 0 rings (SSSR count). The molecule has 3 heteroatoms. The van der Waals surface area contributed by atoms with E-state index in [4.69, 9.17) is 9.84 Å². The zero-order valence-electron chi connectivity index (χ0n) is 5.83. The fourth-order valence-electron chi connectivity index (χ4n) is 0.400. The largest absolute Gasteiger partial charge is 0.494 e. The Morgan fingerprint density at radius 2 is 2.30 bits per heavy atom. The molecule has 3 nitrogen and oxygen atoms in total. The Morgan fingerprint density at radius 1 is 1.80 bits per heavy atom. The quantitative estimate of drug-likeness (QED) is 0.473. The molecule has 0 aliphatic heterocycles. The van der Waals surface area contributed by atoms with E-state index >= 15 is 0 Å². The highest BCUT2D eigenvalue weighted by Gasteiger charge is 2.12. The first kappa shape index (κ1) is 8.75. The molecule has 0 radical (unpaired) electrons. The Balaban J connectivity index is 3.94. The number of carbonyl (C=O) groups is 1. The minimum Gasteiger partial charge on any atom is -0.494 e. The van der Waals surface area contributed by atoms with E-state index in [9.17, 15) is 4.79 Å². The van der Waals surface area contributed by atoms with Crippen molar-refractivity contribution < 1.29 is 14.6 Å². The lowest BCUT2D eigenvalue weighted by atomic mass is 10.2. The van der Waals surface area contributed by atoms with Gasteiger partial charge in [0.1, 0.15) is 6.10 Å².